The van der Waals surface area contributed by atoms with Gasteiger partial charge >= 0.3 is 12.3 Å². The van der Waals surface area contributed by atoms with Crippen LogP contribution >= 0.6 is 11.9 Å². The summed E-state index contributed by atoms with van der Waals surface area (Å²) in [4.78, 5) is 21.7. The summed E-state index contributed by atoms with van der Waals surface area (Å²) >= 11 is 1.62. The standard InChI is InChI=1S/C20H22F3N5O2S/c1-11(7-20(21,22)23)27-19(29)30-16-5-12(6-16)14-8-24-18(25-9-14)28-15-2-3-17-13(4-15)10-26-31-17/h2-4,8-9,11-12,16,26H,5-7,10H2,1H3,(H,27,29)(H,24,25,28). The normalized spacial score (nSPS) is 21.0. The molecular weight excluding hydrogens is 431 g/mol. The molecule has 0 saturated heterocycles. The third-order valence-electron chi connectivity index (χ3n) is 5.18. The van der Waals surface area contributed by atoms with Gasteiger partial charge in [0.2, 0.25) is 5.95 Å². The molecule has 1 aromatic heterocycles. The molecule has 11 heteroatoms. The zero-order chi connectivity index (χ0) is 22.0. The lowest BCUT2D eigenvalue weighted by Gasteiger charge is -2.34. The molecule has 1 unspecified atom stereocenters. The van der Waals surface area contributed by atoms with Crippen molar-refractivity contribution in [1.82, 2.24) is 20.0 Å². The number of aromatic nitrogens is 2. The molecule has 1 amide bonds. The van der Waals surface area contributed by atoms with Gasteiger partial charge in [-0.25, -0.2) is 14.8 Å². The summed E-state index contributed by atoms with van der Waals surface area (Å²) in [6, 6.07) is 5.06. The number of carbonyl (C=O) groups is 1. The van der Waals surface area contributed by atoms with E-state index in [0.717, 1.165) is 17.8 Å². The number of rotatable bonds is 6. The highest BCUT2D eigenvalue weighted by atomic mass is 32.2. The summed E-state index contributed by atoms with van der Waals surface area (Å²) < 4.78 is 45.4. The lowest BCUT2D eigenvalue weighted by atomic mass is 9.78. The molecule has 31 heavy (non-hydrogen) atoms. The molecule has 166 valence electrons. The van der Waals surface area contributed by atoms with Crippen molar-refractivity contribution < 1.29 is 22.7 Å². The molecule has 2 aromatic rings. The van der Waals surface area contributed by atoms with E-state index >= 15 is 0 Å². The molecule has 1 aliphatic heterocycles. The van der Waals surface area contributed by atoms with E-state index in [2.05, 4.69) is 31.4 Å². The largest absolute Gasteiger partial charge is 0.446 e. The van der Waals surface area contributed by atoms with Crippen molar-refractivity contribution in [3.8, 4) is 0 Å². The first-order chi connectivity index (χ1) is 14.7. The van der Waals surface area contributed by atoms with Crippen LogP contribution in [0.25, 0.3) is 0 Å². The Bertz CT molecular complexity index is 935. The van der Waals surface area contributed by atoms with Crippen LogP contribution in [0.1, 0.15) is 43.2 Å². The van der Waals surface area contributed by atoms with Gasteiger partial charge in [-0.05, 0) is 67.0 Å². The summed E-state index contributed by atoms with van der Waals surface area (Å²) in [6.45, 7) is 2.11. The van der Waals surface area contributed by atoms with E-state index in [9.17, 15) is 18.0 Å². The van der Waals surface area contributed by atoms with Crippen LogP contribution in [0.15, 0.2) is 35.5 Å². The van der Waals surface area contributed by atoms with Crippen molar-refractivity contribution in [2.45, 2.75) is 61.9 Å². The van der Waals surface area contributed by atoms with E-state index in [0.29, 0.717) is 18.8 Å². The molecule has 1 saturated carbocycles. The van der Waals surface area contributed by atoms with E-state index in [1.807, 2.05) is 12.1 Å². The summed E-state index contributed by atoms with van der Waals surface area (Å²) in [5.41, 5.74) is 3.08. The van der Waals surface area contributed by atoms with Crippen LogP contribution in [-0.2, 0) is 11.3 Å². The van der Waals surface area contributed by atoms with Crippen molar-refractivity contribution in [2.24, 2.45) is 0 Å². The number of hydrogen-bond donors (Lipinski definition) is 3. The molecule has 4 rings (SSSR count). The van der Waals surface area contributed by atoms with E-state index in [1.165, 1.54) is 17.4 Å². The molecule has 1 aromatic carbocycles. The molecule has 0 radical (unpaired) electrons. The van der Waals surface area contributed by atoms with Crippen molar-refractivity contribution in [2.75, 3.05) is 5.32 Å². The Labute approximate surface area is 181 Å². The number of nitrogens with one attached hydrogen (secondary N) is 3. The second-order valence-electron chi connectivity index (χ2n) is 7.77. The number of hydrogen-bond acceptors (Lipinski definition) is 7. The van der Waals surface area contributed by atoms with Crippen LogP contribution in [0.3, 0.4) is 0 Å². The molecule has 0 spiro atoms. The smallest absolute Gasteiger partial charge is 0.407 e. The van der Waals surface area contributed by atoms with Crippen molar-refractivity contribution >= 4 is 29.7 Å². The quantitative estimate of drug-likeness (QED) is 0.549. The van der Waals surface area contributed by atoms with Gasteiger partial charge in [0.15, 0.2) is 0 Å². The second kappa shape index (κ2) is 8.91. The fourth-order valence-electron chi connectivity index (χ4n) is 3.55. The number of carbonyl (C=O) groups excluding carboxylic acids is 1. The molecule has 2 aliphatic rings. The fraction of sp³-hybridized carbons (Fsp3) is 0.450. The Morgan fingerprint density at radius 1 is 1.32 bits per heavy atom. The number of ether oxygens (including phenoxy) is 1. The Hall–Kier alpha value is -2.53. The summed E-state index contributed by atoms with van der Waals surface area (Å²) in [6.07, 6.45) is -1.89. The molecule has 7 nitrogen and oxygen atoms in total. The monoisotopic (exact) mass is 453 g/mol. The minimum Gasteiger partial charge on any atom is -0.446 e. The highest BCUT2D eigenvalue weighted by Crippen LogP contribution is 2.38. The van der Waals surface area contributed by atoms with Crippen molar-refractivity contribution in [3.63, 3.8) is 0 Å². The predicted octanol–water partition coefficient (Wildman–Crippen LogP) is 4.64. The van der Waals surface area contributed by atoms with Gasteiger partial charge in [0, 0.05) is 35.6 Å². The van der Waals surface area contributed by atoms with Gasteiger partial charge < -0.3 is 15.4 Å². The van der Waals surface area contributed by atoms with Gasteiger partial charge in [0.1, 0.15) is 6.10 Å². The van der Waals surface area contributed by atoms with Crippen LogP contribution < -0.4 is 15.4 Å². The first-order valence-corrected chi connectivity index (χ1v) is 10.7. The SMILES string of the molecule is CC(CC(F)(F)F)NC(=O)OC1CC(c2cnc(Nc3ccc4c(c3)CNS4)nc2)C1. The second-order valence-corrected chi connectivity index (χ2v) is 8.70. The van der Waals surface area contributed by atoms with E-state index in [4.69, 9.17) is 4.74 Å². The lowest BCUT2D eigenvalue weighted by molar-refractivity contribution is -0.138. The van der Waals surface area contributed by atoms with Gasteiger partial charge in [0.05, 0.1) is 6.42 Å². The van der Waals surface area contributed by atoms with E-state index < -0.39 is 24.7 Å². The van der Waals surface area contributed by atoms with Crippen molar-refractivity contribution in [3.05, 3.63) is 41.7 Å². The molecule has 1 fully saturated rings. The van der Waals surface area contributed by atoms with Crippen LogP contribution in [0, 0.1) is 0 Å². The average molecular weight is 453 g/mol. The Morgan fingerprint density at radius 2 is 2.06 bits per heavy atom. The third-order valence-corrected chi connectivity index (χ3v) is 6.08. The number of halogens is 3. The zero-order valence-corrected chi connectivity index (χ0v) is 17.5. The molecule has 0 bridgehead atoms. The molecule has 2 heterocycles. The number of alkyl halides is 3. The van der Waals surface area contributed by atoms with Gasteiger partial charge in [-0.15, -0.1) is 0 Å². The van der Waals surface area contributed by atoms with Gasteiger partial charge in [-0.1, -0.05) is 0 Å². The minimum absolute atomic E-state index is 0.155. The predicted molar refractivity (Wildman–Crippen MR) is 110 cm³/mol. The van der Waals surface area contributed by atoms with Gasteiger partial charge in [-0.3, -0.25) is 4.72 Å². The third kappa shape index (κ3) is 5.79. The lowest BCUT2D eigenvalue weighted by Crippen LogP contribution is -2.40. The number of anilines is 2. The first-order valence-electron chi connectivity index (χ1n) is 9.90. The van der Waals surface area contributed by atoms with Gasteiger partial charge in [0.25, 0.3) is 0 Å². The van der Waals surface area contributed by atoms with Crippen LogP contribution in [0.4, 0.5) is 29.6 Å². The van der Waals surface area contributed by atoms with Crippen LogP contribution in [0.2, 0.25) is 0 Å². The summed E-state index contributed by atoms with van der Waals surface area (Å²) in [5.74, 6) is 0.648. The van der Waals surface area contributed by atoms with E-state index in [-0.39, 0.29) is 12.0 Å². The molecule has 1 aliphatic carbocycles. The molecular formula is C20H22F3N5O2S. The highest BCUT2D eigenvalue weighted by Gasteiger charge is 2.35. The summed E-state index contributed by atoms with van der Waals surface area (Å²) in [5, 5.41) is 5.40. The number of amides is 1. The number of fused-ring (bicyclic) bond motifs is 1. The van der Waals surface area contributed by atoms with Gasteiger partial charge in [-0.2, -0.15) is 13.2 Å². The maximum absolute atomic E-state index is 12.3. The fourth-order valence-corrected chi connectivity index (χ4v) is 4.33. The molecule has 1 atom stereocenters. The number of alkyl carbamates (subject to hydrolysis) is 1. The maximum Gasteiger partial charge on any atom is 0.407 e. The minimum atomic E-state index is -4.33. The average Bonchev–Trinajstić information content (AvgIpc) is 3.11. The van der Waals surface area contributed by atoms with Crippen molar-refractivity contribution in [1.29, 1.82) is 0 Å². The van der Waals surface area contributed by atoms with E-state index in [1.54, 1.807) is 24.3 Å². The Morgan fingerprint density at radius 3 is 2.77 bits per heavy atom. The topological polar surface area (TPSA) is 88.2 Å². The number of nitrogens with zero attached hydrogens (tertiary/aromatic N) is 2. The Balaban J connectivity index is 1.22. The summed E-state index contributed by atoms with van der Waals surface area (Å²) in [7, 11) is 0. The zero-order valence-electron chi connectivity index (χ0n) is 16.7. The highest BCUT2D eigenvalue weighted by molar-refractivity contribution is 7.97. The van der Waals surface area contributed by atoms with Crippen LogP contribution in [0.5, 0.6) is 0 Å². The maximum atomic E-state index is 12.3. The Kier molecular flexibility index (Phi) is 6.24. The molecule has 3 N–H and O–H groups in total. The first kappa shape index (κ1) is 21.7. The van der Waals surface area contributed by atoms with Crippen LogP contribution in [-0.4, -0.2) is 34.4 Å². The number of benzene rings is 1.